The van der Waals surface area contributed by atoms with E-state index in [1.54, 1.807) is 28.0 Å². The summed E-state index contributed by atoms with van der Waals surface area (Å²) in [4.78, 5) is 89.9. The molecule has 3 saturated heterocycles. The van der Waals surface area contributed by atoms with Crippen molar-refractivity contribution in [3.8, 4) is 0 Å². The van der Waals surface area contributed by atoms with Crippen LogP contribution in [-0.4, -0.2) is 74.2 Å². The van der Waals surface area contributed by atoms with Crippen LogP contribution in [0.3, 0.4) is 0 Å². The van der Waals surface area contributed by atoms with Crippen LogP contribution >= 0.6 is 0 Å². The molecule has 3 atom stereocenters. The Morgan fingerprint density at radius 1 is 0.475 bits per heavy atom. The zero-order valence-corrected chi connectivity index (χ0v) is 32.9. The van der Waals surface area contributed by atoms with E-state index in [4.69, 9.17) is 0 Å². The lowest BCUT2D eigenvalue weighted by molar-refractivity contribution is -0.127. The number of aryl methyl sites for hydroxylation is 3. The van der Waals surface area contributed by atoms with Gasteiger partial charge >= 0.3 is 0 Å². The van der Waals surface area contributed by atoms with Gasteiger partial charge < -0.3 is 25.8 Å². The molecule has 0 bridgehead atoms. The van der Waals surface area contributed by atoms with Crippen LogP contribution in [0.2, 0.25) is 0 Å². The van der Waals surface area contributed by atoms with Crippen LogP contribution in [0.4, 0.5) is 0 Å². The highest BCUT2D eigenvalue weighted by Crippen LogP contribution is 2.31. The van der Waals surface area contributed by atoms with Gasteiger partial charge in [-0.1, -0.05) is 74.2 Å². The smallest absolute Gasteiger partial charge is 0.262 e. The van der Waals surface area contributed by atoms with Gasteiger partial charge in [-0.25, -0.2) is 0 Å². The lowest BCUT2D eigenvalue weighted by Gasteiger charge is -2.30. The van der Waals surface area contributed by atoms with Crippen LogP contribution in [0.15, 0.2) is 91.4 Å². The van der Waals surface area contributed by atoms with Gasteiger partial charge in [-0.2, -0.15) is 0 Å². The molecule has 6 heterocycles. The van der Waals surface area contributed by atoms with Crippen LogP contribution in [-0.2, 0) is 27.5 Å². The zero-order valence-electron chi connectivity index (χ0n) is 32.9. The first-order chi connectivity index (χ1) is 27.6. The molecule has 306 valence electrons. The number of nitrogens with zero attached hydrogens (tertiary/aromatic N) is 3. The maximum atomic E-state index is 12.4. The fourth-order valence-corrected chi connectivity index (χ4v) is 8.20. The molecule has 9 rings (SSSR count). The maximum absolute atomic E-state index is 12.4. The molecule has 3 fully saturated rings. The van der Waals surface area contributed by atoms with Gasteiger partial charge in [0, 0.05) is 41.3 Å². The Bertz CT molecular complexity index is 2330. The first-order valence-corrected chi connectivity index (χ1v) is 19.4. The molecule has 13 nitrogen and oxygen atoms in total. The number of piperidine rings is 3. The standard InChI is InChI=1S/C15H14N2O3.2C15H16N2O2.CH4/c1-8-3-5-10-11(7-8)15(20)17(14(10)19)12-6-4-9(2)16-13(12)18;1-9-3-5-12-11(7-9)8-17(15(12)19)13-6-4-10(2)16-14(13)18;1-9-3-5-11-8-17(15(19)12(11)7-9)13-6-4-10(2)16-14(13)18;/h3,5,7,12H,2,4,6H2,1H3,(H,16,18);2*3,5,7,13H,2,4,6,8H2,1H3,(H,16,18);1H4. The molecule has 13 heteroatoms. The van der Waals surface area contributed by atoms with E-state index in [0.29, 0.717) is 55.6 Å². The number of rotatable bonds is 3. The second-order valence-corrected chi connectivity index (χ2v) is 15.7. The molecule has 3 unspecified atom stereocenters. The molecular formula is C46H50N6O7. The van der Waals surface area contributed by atoms with Gasteiger partial charge in [0.05, 0.1) is 11.1 Å². The van der Waals surface area contributed by atoms with E-state index in [1.165, 1.54) is 0 Å². The molecule has 0 aromatic heterocycles. The Morgan fingerprint density at radius 3 is 1.41 bits per heavy atom. The molecule has 59 heavy (non-hydrogen) atoms. The first-order valence-electron chi connectivity index (χ1n) is 19.4. The molecule has 3 aromatic rings. The van der Waals surface area contributed by atoms with Crippen molar-refractivity contribution in [1.82, 2.24) is 30.7 Å². The molecule has 0 radical (unpaired) electrons. The van der Waals surface area contributed by atoms with Gasteiger partial charge in [0.15, 0.2) is 0 Å². The number of hydrogen-bond acceptors (Lipinski definition) is 7. The van der Waals surface area contributed by atoms with Crippen LogP contribution in [0.1, 0.15) is 115 Å². The average molecular weight is 799 g/mol. The van der Waals surface area contributed by atoms with Crippen molar-refractivity contribution in [2.45, 2.75) is 97.9 Å². The molecule has 7 amide bonds. The quantitative estimate of drug-likeness (QED) is 0.294. The second kappa shape index (κ2) is 16.7. The summed E-state index contributed by atoms with van der Waals surface area (Å²) in [6.07, 6.45) is 3.77. The highest BCUT2D eigenvalue weighted by atomic mass is 16.2. The summed E-state index contributed by atoms with van der Waals surface area (Å²) >= 11 is 0. The fourth-order valence-electron chi connectivity index (χ4n) is 8.20. The highest BCUT2D eigenvalue weighted by molar-refractivity contribution is 6.23. The Hall–Kier alpha value is -6.63. The van der Waals surface area contributed by atoms with Crippen molar-refractivity contribution in [3.63, 3.8) is 0 Å². The zero-order chi connectivity index (χ0) is 41.6. The van der Waals surface area contributed by atoms with Crippen LogP contribution in [0.25, 0.3) is 0 Å². The molecule has 0 saturated carbocycles. The number of allylic oxidation sites excluding steroid dienone is 3. The maximum Gasteiger partial charge on any atom is 0.262 e. The van der Waals surface area contributed by atoms with E-state index in [2.05, 4.69) is 35.7 Å². The number of imide groups is 1. The van der Waals surface area contributed by atoms with Crippen molar-refractivity contribution in [2.24, 2.45) is 0 Å². The lowest BCUT2D eigenvalue weighted by atomic mass is 10.0. The van der Waals surface area contributed by atoms with Crippen LogP contribution in [0, 0.1) is 20.8 Å². The largest absolute Gasteiger partial charge is 0.329 e. The molecule has 6 aliphatic rings. The number of benzene rings is 3. The van der Waals surface area contributed by atoms with Crippen molar-refractivity contribution < 1.29 is 33.6 Å². The number of fused-ring (bicyclic) bond motifs is 3. The normalized spacial score (nSPS) is 21.9. The van der Waals surface area contributed by atoms with Crippen LogP contribution < -0.4 is 16.0 Å². The lowest BCUT2D eigenvalue weighted by Crippen LogP contribution is -2.51. The third kappa shape index (κ3) is 8.23. The number of amides is 7. The number of carbonyl (C=O) groups is 7. The number of carbonyl (C=O) groups excluding carboxylic acids is 7. The second-order valence-electron chi connectivity index (χ2n) is 15.7. The minimum atomic E-state index is -0.742. The SMILES string of the molecule is C.C=C1CCC(N2C(=O)c3ccc(C)cc3C2=O)C(=O)N1.C=C1CCC(N2Cc3cc(C)ccc3C2=O)C(=O)N1.C=C1CCC(N2Cc3ccc(C)cc3C2=O)C(=O)N1. The summed E-state index contributed by atoms with van der Waals surface area (Å²) in [7, 11) is 0. The molecule has 0 spiro atoms. The van der Waals surface area contributed by atoms with Gasteiger partial charge in [-0.15, -0.1) is 0 Å². The predicted molar refractivity (Wildman–Crippen MR) is 221 cm³/mol. The summed E-state index contributed by atoms with van der Waals surface area (Å²) in [6.45, 7) is 18.1. The van der Waals surface area contributed by atoms with E-state index in [1.807, 2.05) is 57.2 Å². The summed E-state index contributed by atoms with van der Waals surface area (Å²) < 4.78 is 0. The number of nitrogens with one attached hydrogen (secondary N) is 3. The molecular weight excluding hydrogens is 749 g/mol. The molecule has 0 aliphatic carbocycles. The van der Waals surface area contributed by atoms with E-state index < -0.39 is 11.9 Å². The van der Waals surface area contributed by atoms with Gasteiger partial charge in [-0.3, -0.25) is 38.5 Å². The van der Waals surface area contributed by atoms with Crippen molar-refractivity contribution in [2.75, 3.05) is 0 Å². The minimum Gasteiger partial charge on any atom is -0.329 e. The highest BCUT2D eigenvalue weighted by Gasteiger charge is 2.44. The van der Waals surface area contributed by atoms with Gasteiger partial charge in [-0.05, 0) is 94.7 Å². The Balaban J connectivity index is 0.000000148. The van der Waals surface area contributed by atoms with Crippen LogP contribution in [0.5, 0.6) is 0 Å². The first kappa shape index (κ1) is 42.0. The van der Waals surface area contributed by atoms with Crippen molar-refractivity contribution >= 4 is 41.4 Å². The monoisotopic (exact) mass is 798 g/mol. The van der Waals surface area contributed by atoms with E-state index in [0.717, 1.165) is 68.1 Å². The van der Waals surface area contributed by atoms with Gasteiger partial charge in [0.1, 0.15) is 18.1 Å². The van der Waals surface area contributed by atoms with Gasteiger partial charge in [0.25, 0.3) is 23.6 Å². The van der Waals surface area contributed by atoms with E-state index >= 15 is 0 Å². The Labute approximate surface area is 344 Å². The topological polar surface area (TPSA) is 165 Å². The summed E-state index contributed by atoms with van der Waals surface area (Å²) in [6, 6.07) is 15.3. The summed E-state index contributed by atoms with van der Waals surface area (Å²) in [5.74, 6) is -1.43. The third-order valence-electron chi connectivity index (χ3n) is 11.3. The predicted octanol–water partition coefficient (Wildman–Crippen LogP) is 5.51. The van der Waals surface area contributed by atoms with Crippen molar-refractivity contribution in [3.05, 3.63) is 141 Å². The fraction of sp³-hybridized carbons (Fsp3) is 0.326. The summed E-state index contributed by atoms with van der Waals surface area (Å²) in [5, 5.41) is 8.08. The third-order valence-corrected chi connectivity index (χ3v) is 11.3. The molecule has 3 N–H and O–H groups in total. The Morgan fingerprint density at radius 2 is 0.881 bits per heavy atom. The molecule has 3 aromatic carbocycles. The summed E-state index contributed by atoms with van der Waals surface area (Å²) in [5.41, 5.74) is 9.44. The van der Waals surface area contributed by atoms with E-state index in [9.17, 15) is 33.6 Å². The van der Waals surface area contributed by atoms with Crippen molar-refractivity contribution in [1.29, 1.82) is 0 Å². The van der Waals surface area contributed by atoms with Gasteiger partial charge in [0.2, 0.25) is 17.7 Å². The Kier molecular flexibility index (Phi) is 11.9. The minimum absolute atomic E-state index is 0. The molecule has 6 aliphatic heterocycles. The van der Waals surface area contributed by atoms with E-state index in [-0.39, 0.29) is 55.0 Å². The average Bonchev–Trinajstić information content (AvgIpc) is 3.75. The number of hydrogen-bond donors (Lipinski definition) is 3.